The molecule has 3 heteroatoms. The smallest absolute Gasteiger partial charge is 0.224 e. The minimum Gasteiger partial charge on any atom is -0.393 e. The second kappa shape index (κ2) is 6.71. The topological polar surface area (TPSA) is 49.3 Å². The molecule has 19 heavy (non-hydrogen) atoms. The first-order valence-electron chi connectivity index (χ1n) is 7.20. The first-order chi connectivity index (χ1) is 9.15. The molecule has 0 heterocycles. The Morgan fingerprint density at radius 3 is 2.79 bits per heavy atom. The van der Waals surface area contributed by atoms with Crippen molar-refractivity contribution in [2.75, 3.05) is 6.54 Å². The van der Waals surface area contributed by atoms with Gasteiger partial charge in [-0.1, -0.05) is 18.2 Å². The van der Waals surface area contributed by atoms with Crippen molar-refractivity contribution < 1.29 is 9.90 Å². The Morgan fingerprint density at radius 1 is 1.32 bits per heavy atom. The van der Waals surface area contributed by atoms with Crippen molar-refractivity contribution in [3.63, 3.8) is 0 Å². The number of rotatable bonds is 5. The third-order valence-corrected chi connectivity index (χ3v) is 3.66. The summed E-state index contributed by atoms with van der Waals surface area (Å²) in [5.74, 6) is 0.0383. The number of fused-ring (bicyclic) bond motifs is 1. The molecule has 0 aliphatic heterocycles. The lowest BCUT2D eigenvalue weighted by molar-refractivity contribution is -0.120. The average molecular weight is 261 g/mol. The molecule has 3 nitrogen and oxygen atoms in total. The van der Waals surface area contributed by atoms with Crippen LogP contribution in [-0.4, -0.2) is 23.7 Å². The van der Waals surface area contributed by atoms with Crippen LogP contribution >= 0.6 is 0 Å². The zero-order valence-corrected chi connectivity index (χ0v) is 11.6. The van der Waals surface area contributed by atoms with Gasteiger partial charge in [0.1, 0.15) is 0 Å². The van der Waals surface area contributed by atoms with Crippen LogP contribution in [0.2, 0.25) is 0 Å². The largest absolute Gasteiger partial charge is 0.393 e. The van der Waals surface area contributed by atoms with Crippen molar-refractivity contribution in [3.05, 3.63) is 34.9 Å². The molecule has 0 bridgehead atoms. The van der Waals surface area contributed by atoms with E-state index in [1.165, 1.54) is 30.4 Å². The number of aliphatic hydroxyl groups is 1. The highest BCUT2D eigenvalue weighted by Gasteiger charge is 2.11. The minimum absolute atomic E-state index is 0.0383. The van der Waals surface area contributed by atoms with Crippen LogP contribution in [0.4, 0.5) is 0 Å². The van der Waals surface area contributed by atoms with E-state index in [1.807, 2.05) is 0 Å². The third-order valence-electron chi connectivity index (χ3n) is 3.66. The summed E-state index contributed by atoms with van der Waals surface area (Å²) in [4.78, 5) is 11.8. The van der Waals surface area contributed by atoms with E-state index >= 15 is 0 Å². The summed E-state index contributed by atoms with van der Waals surface area (Å²) in [5, 5.41) is 12.0. The molecule has 2 rings (SSSR count). The Balaban J connectivity index is 1.86. The predicted octanol–water partition coefficient (Wildman–Crippen LogP) is 1.99. The average Bonchev–Trinajstić information content (AvgIpc) is 2.38. The lowest BCUT2D eigenvalue weighted by atomic mass is 9.90. The molecule has 2 N–H and O–H groups in total. The first-order valence-corrected chi connectivity index (χ1v) is 7.20. The summed E-state index contributed by atoms with van der Waals surface area (Å²) in [6.45, 7) is 2.27. The second-order valence-corrected chi connectivity index (χ2v) is 5.47. The van der Waals surface area contributed by atoms with Crippen LogP contribution in [-0.2, 0) is 24.1 Å². The standard InChI is InChI=1S/C16H23NO2/c1-12(18)8-9-17-16(19)11-13-6-7-14-4-2-3-5-15(14)10-13/h6-7,10,12,18H,2-5,8-9,11H2,1H3,(H,17,19). The normalized spacial score (nSPS) is 15.7. The summed E-state index contributed by atoms with van der Waals surface area (Å²) in [6.07, 6.45) is 5.55. The fraction of sp³-hybridized carbons (Fsp3) is 0.562. The first kappa shape index (κ1) is 14.1. The fourth-order valence-electron chi connectivity index (χ4n) is 2.57. The van der Waals surface area contributed by atoms with E-state index in [-0.39, 0.29) is 12.0 Å². The second-order valence-electron chi connectivity index (χ2n) is 5.47. The van der Waals surface area contributed by atoms with E-state index in [9.17, 15) is 4.79 Å². The molecule has 0 aromatic heterocycles. The van der Waals surface area contributed by atoms with E-state index in [1.54, 1.807) is 6.92 Å². The summed E-state index contributed by atoms with van der Waals surface area (Å²) < 4.78 is 0. The number of nitrogens with one attached hydrogen (secondary N) is 1. The number of aliphatic hydroxyl groups excluding tert-OH is 1. The summed E-state index contributed by atoms with van der Waals surface area (Å²) >= 11 is 0. The van der Waals surface area contributed by atoms with Gasteiger partial charge in [-0.05, 0) is 55.7 Å². The van der Waals surface area contributed by atoms with Crippen LogP contribution in [0.15, 0.2) is 18.2 Å². The highest BCUT2D eigenvalue weighted by Crippen LogP contribution is 2.22. The minimum atomic E-state index is -0.357. The Hall–Kier alpha value is -1.35. The van der Waals surface area contributed by atoms with Crippen molar-refractivity contribution >= 4 is 5.91 Å². The molecule has 1 amide bonds. The lowest BCUT2D eigenvalue weighted by Gasteiger charge is -2.16. The third kappa shape index (κ3) is 4.35. The maximum absolute atomic E-state index is 11.8. The van der Waals surface area contributed by atoms with Crippen LogP contribution in [0.1, 0.15) is 42.9 Å². The monoisotopic (exact) mass is 261 g/mol. The van der Waals surface area contributed by atoms with Gasteiger partial charge in [-0.2, -0.15) is 0 Å². The number of carbonyl (C=O) groups excluding carboxylic acids is 1. The van der Waals surface area contributed by atoms with Gasteiger partial charge in [-0.25, -0.2) is 0 Å². The number of benzene rings is 1. The molecule has 1 unspecified atom stereocenters. The molecule has 1 aromatic carbocycles. The van der Waals surface area contributed by atoms with Crippen molar-refractivity contribution in [1.29, 1.82) is 0 Å². The highest BCUT2D eigenvalue weighted by atomic mass is 16.3. The Bertz CT molecular complexity index is 440. The number of hydrogen-bond acceptors (Lipinski definition) is 2. The molecule has 1 aliphatic rings. The fourth-order valence-corrected chi connectivity index (χ4v) is 2.57. The Kier molecular flexibility index (Phi) is 4.97. The maximum atomic E-state index is 11.8. The van der Waals surface area contributed by atoms with Gasteiger partial charge in [0.25, 0.3) is 0 Å². The van der Waals surface area contributed by atoms with Crippen LogP contribution in [0.5, 0.6) is 0 Å². The van der Waals surface area contributed by atoms with Gasteiger partial charge in [0.2, 0.25) is 5.91 Å². The van der Waals surface area contributed by atoms with Gasteiger partial charge in [0.05, 0.1) is 12.5 Å². The van der Waals surface area contributed by atoms with Gasteiger partial charge in [0, 0.05) is 6.54 Å². The number of aryl methyl sites for hydroxylation is 2. The van der Waals surface area contributed by atoms with E-state index in [4.69, 9.17) is 5.11 Å². The number of hydrogen-bond donors (Lipinski definition) is 2. The molecule has 104 valence electrons. The van der Waals surface area contributed by atoms with Crippen LogP contribution < -0.4 is 5.32 Å². The molecular weight excluding hydrogens is 238 g/mol. The number of carbonyl (C=O) groups is 1. The van der Waals surface area contributed by atoms with Crippen LogP contribution in [0.25, 0.3) is 0 Å². The Labute approximate surface area is 115 Å². The summed E-state index contributed by atoms with van der Waals surface area (Å²) in [7, 11) is 0. The number of amides is 1. The molecule has 1 aliphatic carbocycles. The van der Waals surface area contributed by atoms with Crippen molar-refractivity contribution in [1.82, 2.24) is 5.32 Å². The van der Waals surface area contributed by atoms with E-state index < -0.39 is 0 Å². The predicted molar refractivity (Wildman–Crippen MR) is 76.1 cm³/mol. The van der Waals surface area contributed by atoms with Gasteiger partial charge in [0.15, 0.2) is 0 Å². The Morgan fingerprint density at radius 2 is 2.05 bits per heavy atom. The van der Waals surface area contributed by atoms with Crippen molar-refractivity contribution in [3.8, 4) is 0 Å². The van der Waals surface area contributed by atoms with Gasteiger partial charge in [-0.15, -0.1) is 0 Å². The van der Waals surface area contributed by atoms with E-state index in [0.29, 0.717) is 19.4 Å². The SMILES string of the molecule is CC(O)CCNC(=O)Cc1ccc2c(c1)CCCC2. The molecule has 0 saturated heterocycles. The molecule has 0 fully saturated rings. The lowest BCUT2D eigenvalue weighted by Crippen LogP contribution is -2.28. The molecule has 0 spiro atoms. The van der Waals surface area contributed by atoms with Gasteiger partial charge >= 0.3 is 0 Å². The summed E-state index contributed by atoms with van der Waals surface area (Å²) in [5.41, 5.74) is 3.96. The molecular formula is C16H23NO2. The van der Waals surface area contributed by atoms with Gasteiger partial charge in [-0.3, -0.25) is 4.79 Å². The van der Waals surface area contributed by atoms with E-state index in [0.717, 1.165) is 12.0 Å². The van der Waals surface area contributed by atoms with Crippen molar-refractivity contribution in [2.24, 2.45) is 0 Å². The van der Waals surface area contributed by atoms with Crippen LogP contribution in [0, 0.1) is 0 Å². The molecule has 1 atom stereocenters. The van der Waals surface area contributed by atoms with Gasteiger partial charge < -0.3 is 10.4 Å². The molecule has 0 radical (unpaired) electrons. The zero-order chi connectivity index (χ0) is 13.7. The maximum Gasteiger partial charge on any atom is 0.224 e. The zero-order valence-electron chi connectivity index (χ0n) is 11.6. The molecule has 1 aromatic rings. The van der Waals surface area contributed by atoms with E-state index in [2.05, 4.69) is 23.5 Å². The van der Waals surface area contributed by atoms with Crippen molar-refractivity contribution in [2.45, 2.75) is 51.6 Å². The molecule has 0 saturated carbocycles. The van der Waals surface area contributed by atoms with Crippen LogP contribution in [0.3, 0.4) is 0 Å². The highest BCUT2D eigenvalue weighted by molar-refractivity contribution is 5.78. The summed E-state index contributed by atoms with van der Waals surface area (Å²) in [6, 6.07) is 6.42. The quantitative estimate of drug-likeness (QED) is 0.851.